The molecule has 0 aromatic carbocycles. The largest absolute Gasteiger partial charge is 0.382 e. The normalized spacial score (nSPS) is 20.1. The first-order chi connectivity index (χ1) is 7.09. The van der Waals surface area contributed by atoms with Crippen LogP contribution in [-0.2, 0) is 0 Å². The number of rotatable bonds is 2. The molecule has 1 aliphatic rings. The summed E-state index contributed by atoms with van der Waals surface area (Å²) in [5.41, 5.74) is 6.01. The van der Waals surface area contributed by atoms with Crippen molar-refractivity contribution in [1.82, 2.24) is 9.97 Å². The van der Waals surface area contributed by atoms with Crippen LogP contribution < -0.4 is 11.1 Å². The molecule has 1 aliphatic carbocycles. The zero-order valence-electron chi connectivity index (χ0n) is 9.56. The SMILES string of the molecule is Cc1nc(NC2(C)CCCCC2)c(N)[nH]1. The molecule has 1 aromatic heterocycles. The maximum Gasteiger partial charge on any atom is 0.169 e. The van der Waals surface area contributed by atoms with E-state index in [2.05, 4.69) is 22.2 Å². The predicted octanol–water partition coefficient (Wildman–Crippen LogP) is 2.44. The Kier molecular flexibility index (Phi) is 2.59. The molecule has 84 valence electrons. The summed E-state index contributed by atoms with van der Waals surface area (Å²) in [4.78, 5) is 7.38. The fourth-order valence-corrected chi connectivity index (χ4v) is 2.35. The van der Waals surface area contributed by atoms with E-state index in [4.69, 9.17) is 5.73 Å². The molecule has 1 heterocycles. The number of H-pyrrole nitrogens is 1. The Balaban J connectivity index is 2.09. The number of nitrogens with one attached hydrogen (secondary N) is 2. The fraction of sp³-hybridized carbons (Fsp3) is 0.727. The second-order valence-corrected chi connectivity index (χ2v) is 4.83. The molecule has 0 saturated heterocycles. The molecule has 0 radical (unpaired) electrons. The minimum Gasteiger partial charge on any atom is -0.382 e. The predicted molar refractivity (Wildman–Crippen MR) is 62.8 cm³/mol. The van der Waals surface area contributed by atoms with Gasteiger partial charge in [0.25, 0.3) is 0 Å². The van der Waals surface area contributed by atoms with Crippen molar-refractivity contribution in [2.75, 3.05) is 11.1 Å². The van der Waals surface area contributed by atoms with E-state index < -0.39 is 0 Å². The standard InChI is InChI=1S/C11H20N4/c1-8-13-9(12)10(14-8)15-11(2)6-4-3-5-7-11/h15H,3-7,12H2,1-2H3,(H,13,14). The molecular formula is C11H20N4. The second kappa shape index (κ2) is 3.76. The molecule has 4 nitrogen and oxygen atoms in total. The number of nitrogens with zero attached hydrogens (tertiary/aromatic N) is 1. The summed E-state index contributed by atoms with van der Waals surface area (Å²) in [6.45, 7) is 4.18. The zero-order valence-corrected chi connectivity index (χ0v) is 9.56. The average molecular weight is 208 g/mol. The molecule has 4 heteroatoms. The molecule has 15 heavy (non-hydrogen) atoms. The number of aromatic nitrogens is 2. The van der Waals surface area contributed by atoms with Gasteiger partial charge in [0.15, 0.2) is 5.82 Å². The molecule has 1 fully saturated rings. The van der Waals surface area contributed by atoms with E-state index >= 15 is 0 Å². The third kappa shape index (κ3) is 2.25. The van der Waals surface area contributed by atoms with Crippen LogP contribution in [0.25, 0.3) is 0 Å². The summed E-state index contributed by atoms with van der Waals surface area (Å²) in [7, 11) is 0. The highest BCUT2D eigenvalue weighted by molar-refractivity contribution is 5.58. The van der Waals surface area contributed by atoms with Crippen LogP contribution in [0, 0.1) is 6.92 Å². The molecule has 2 rings (SSSR count). The van der Waals surface area contributed by atoms with Gasteiger partial charge in [-0.3, -0.25) is 0 Å². The van der Waals surface area contributed by atoms with Crippen molar-refractivity contribution in [1.29, 1.82) is 0 Å². The lowest BCUT2D eigenvalue weighted by atomic mass is 9.83. The number of hydrogen-bond donors (Lipinski definition) is 3. The van der Waals surface area contributed by atoms with Crippen molar-refractivity contribution in [2.24, 2.45) is 0 Å². The van der Waals surface area contributed by atoms with Crippen molar-refractivity contribution in [3.05, 3.63) is 5.82 Å². The van der Waals surface area contributed by atoms with Gasteiger partial charge >= 0.3 is 0 Å². The number of hydrogen-bond acceptors (Lipinski definition) is 3. The quantitative estimate of drug-likeness (QED) is 0.699. The summed E-state index contributed by atoms with van der Waals surface area (Å²) < 4.78 is 0. The maximum atomic E-state index is 5.84. The lowest BCUT2D eigenvalue weighted by Crippen LogP contribution is -2.37. The van der Waals surface area contributed by atoms with Crippen LogP contribution in [0.5, 0.6) is 0 Å². The summed E-state index contributed by atoms with van der Waals surface area (Å²) in [5, 5.41) is 3.48. The van der Waals surface area contributed by atoms with Crippen molar-refractivity contribution in [3.8, 4) is 0 Å². The van der Waals surface area contributed by atoms with Gasteiger partial charge < -0.3 is 16.0 Å². The van der Waals surface area contributed by atoms with Gasteiger partial charge in [-0.05, 0) is 26.7 Å². The third-order valence-corrected chi connectivity index (χ3v) is 3.23. The molecule has 4 N–H and O–H groups in total. The minimum atomic E-state index is 0.175. The van der Waals surface area contributed by atoms with E-state index in [0.717, 1.165) is 11.6 Å². The highest BCUT2D eigenvalue weighted by atomic mass is 15.1. The van der Waals surface area contributed by atoms with Gasteiger partial charge in [-0.15, -0.1) is 0 Å². The first-order valence-electron chi connectivity index (χ1n) is 5.69. The Morgan fingerprint density at radius 1 is 1.33 bits per heavy atom. The Bertz CT molecular complexity index is 336. The summed E-state index contributed by atoms with van der Waals surface area (Å²) in [5.74, 6) is 2.34. The molecule has 1 saturated carbocycles. The lowest BCUT2D eigenvalue weighted by molar-refractivity contribution is 0.349. The number of nitrogens with two attached hydrogens (primary N) is 1. The van der Waals surface area contributed by atoms with Gasteiger partial charge in [0, 0.05) is 5.54 Å². The molecular weight excluding hydrogens is 188 g/mol. The van der Waals surface area contributed by atoms with Gasteiger partial charge in [0.2, 0.25) is 0 Å². The van der Waals surface area contributed by atoms with Crippen molar-refractivity contribution >= 4 is 11.6 Å². The highest BCUT2D eigenvalue weighted by Gasteiger charge is 2.27. The number of anilines is 2. The van der Waals surface area contributed by atoms with Gasteiger partial charge in [0.05, 0.1) is 0 Å². The van der Waals surface area contributed by atoms with Gasteiger partial charge in [-0.2, -0.15) is 0 Å². The number of aryl methyl sites for hydroxylation is 1. The first-order valence-corrected chi connectivity index (χ1v) is 5.69. The molecule has 0 bridgehead atoms. The summed E-state index contributed by atoms with van der Waals surface area (Å²) in [6, 6.07) is 0. The van der Waals surface area contributed by atoms with Crippen molar-refractivity contribution in [3.63, 3.8) is 0 Å². The maximum absolute atomic E-state index is 5.84. The summed E-state index contributed by atoms with van der Waals surface area (Å²) >= 11 is 0. The number of nitrogen functional groups attached to an aromatic ring is 1. The van der Waals surface area contributed by atoms with Crippen LogP contribution in [0.4, 0.5) is 11.6 Å². The monoisotopic (exact) mass is 208 g/mol. The molecule has 0 atom stereocenters. The summed E-state index contributed by atoms with van der Waals surface area (Å²) in [6.07, 6.45) is 6.36. The van der Waals surface area contributed by atoms with Crippen LogP contribution in [0.1, 0.15) is 44.9 Å². The Labute approximate surface area is 90.7 Å². The molecule has 0 spiro atoms. The van der Waals surface area contributed by atoms with Gasteiger partial charge in [-0.1, -0.05) is 19.3 Å². The van der Waals surface area contributed by atoms with Crippen LogP contribution in [-0.4, -0.2) is 15.5 Å². The number of aromatic amines is 1. The molecule has 1 aromatic rings. The van der Waals surface area contributed by atoms with E-state index in [-0.39, 0.29) is 5.54 Å². The van der Waals surface area contributed by atoms with Gasteiger partial charge in [0.1, 0.15) is 11.6 Å². The molecule has 0 amide bonds. The smallest absolute Gasteiger partial charge is 0.169 e. The van der Waals surface area contributed by atoms with Gasteiger partial charge in [-0.25, -0.2) is 4.98 Å². The average Bonchev–Trinajstić information content (AvgIpc) is 2.45. The topological polar surface area (TPSA) is 66.7 Å². The molecule has 0 aliphatic heterocycles. The second-order valence-electron chi connectivity index (χ2n) is 4.83. The van der Waals surface area contributed by atoms with E-state index in [9.17, 15) is 0 Å². The van der Waals surface area contributed by atoms with Crippen LogP contribution in [0.3, 0.4) is 0 Å². The first kappa shape index (κ1) is 10.3. The Hall–Kier alpha value is -1.19. The number of imidazole rings is 1. The van der Waals surface area contributed by atoms with E-state index in [1.54, 1.807) is 0 Å². The highest BCUT2D eigenvalue weighted by Crippen LogP contribution is 2.32. The minimum absolute atomic E-state index is 0.175. The van der Waals surface area contributed by atoms with Crippen LogP contribution in [0.2, 0.25) is 0 Å². The van der Waals surface area contributed by atoms with Crippen LogP contribution in [0.15, 0.2) is 0 Å². The van der Waals surface area contributed by atoms with Crippen molar-refractivity contribution < 1.29 is 0 Å². The van der Waals surface area contributed by atoms with E-state index in [1.165, 1.54) is 32.1 Å². The van der Waals surface area contributed by atoms with E-state index in [0.29, 0.717) is 5.82 Å². The van der Waals surface area contributed by atoms with Crippen molar-refractivity contribution in [2.45, 2.75) is 51.5 Å². The third-order valence-electron chi connectivity index (χ3n) is 3.23. The van der Waals surface area contributed by atoms with E-state index in [1.807, 2.05) is 6.92 Å². The Morgan fingerprint density at radius 3 is 2.53 bits per heavy atom. The molecule has 0 unspecified atom stereocenters. The zero-order chi connectivity index (χ0) is 10.9. The lowest BCUT2D eigenvalue weighted by Gasteiger charge is -2.34. The van der Waals surface area contributed by atoms with Crippen LogP contribution >= 0.6 is 0 Å². The fourth-order valence-electron chi connectivity index (χ4n) is 2.35. The Morgan fingerprint density at radius 2 is 2.00 bits per heavy atom.